The van der Waals surface area contributed by atoms with Crippen LogP contribution in [-0.2, 0) is 12.1 Å². The second-order valence-electron chi connectivity index (χ2n) is 6.08. The van der Waals surface area contributed by atoms with E-state index in [1.54, 1.807) is 0 Å². The van der Waals surface area contributed by atoms with Gasteiger partial charge in [-0.15, -0.1) is 0 Å². The van der Waals surface area contributed by atoms with Crippen LogP contribution in [0.5, 0.6) is 5.75 Å². The molecule has 11 heteroatoms. The Morgan fingerprint density at radius 1 is 1.35 bits per heavy atom. The minimum absolute atomic E-state index is 0.0452. The highest BCUT2D eigenvalue weighted by atomic mass is 35.5. The number of ether oxygens (including phenoxy) is 1. The Morgan fingerprint density at radius 2 is 2.04 bits per heavy atom. The number of halogens is 6. The molecule has 0 spiro atoms. The molecular weight excluding hydrogens is 385 g/mol. The summed E-state index contributed by atoms with van der Waals surface area (Å²) in [7, 11) is 0. The van der Waals surface area contributed by atoms with Crippen LogP contribution in [0.1, 0.15) is 12.0 Å². The van der Waals surface area contributed by atoms with Gasteiger partial charge >= 0.3 is 6.18 Å². The van der Waals surface area contributed by atoms with Gasteiger partial charge in [-0.3, -0.25) is 0 Å². The number of rotatable bonds is 6. The van der Waals surface area contributed by atoms with Crippen molar-refractivity contribution >= 4 is 11.6 Å². The summed E-state index contributed by atoms with van der Waals surface area (Å²) < 4.78 is 69.8. The Hall–Kier alpha value is -1.94. The monoisotopic (exact) mass is 397 g/mol. The number of benzene rings is 1. The highest BCUT2D eigenvalue weighted by molar-refractivity contribution is 6.31. The van der Waals surface area contributed by atoms with Gasteiger partial charge in [0.2, 0.25) is 0 Å². The van der Waals surface area contributed by atoms with Crippen LogP contribution in [0, 0.1) is 5.92 Å². The third-order valence-electron chi connectivity index (χ3n) is 4.08. The summed E-state index contributed by atoms with van der Waals surface area (Å²) in [4.78, 5) is 3.69. The molecule has 142 valence electrons. The number of hydrogen-bond donors (Lipinski definition) is 1. The number of nitrogens with zero attached hydrogens (tertiary/aromatic N) is 3. The zero-order valence-corrected chi connectivity index (χ0v) is 13.8. The van der Waals surface area contributed by atoms with E-state index in [2.05, 4.69) is 14.8 Å². The molecule has 0 bridgehead atoms. The predicted molar refractivity (Wildman–Crippen MR) is 80.0 cm³/mol. The smallest absolute Gasteiger partial charge is 0.422 e. The highest BCUT2D eigenvalue weighted by Gasteiger charge is 2.67. The lowest BCUT2D eigenvalue weighted by Crippen LogP contribution is -2.36. The van der Waals surface area contributed by atoms with Crippen LogP contribution in [0.4, 0.5) is 22.0 Å². The van der Waals surface area contributed by atoms with E-state index >= 15 is 0 Å². The first-order chi connectivity index (χ1) is 12.0. The van der Waals surface area contributed by atoms with Crippen molar-refractivity contribution in [2.75, 3.05) is 6.61 Å². The van der Waals surface area contributed by atoms with E-state index in [9.17, 15) is 27.1 Å². The molecule has 5 nitrogen and oxygen atoms in total. The first kappa shape index (κ1) is 18.8. The Kier molecular flexibility index (Phi) is 4.60. The van der Waals surface area contributed by atoms with Crippen molar-refractivity contribution in [1.82, 2.24) is 14.8 Å². The average Bonchev–Trinajstić information content (AvgIpc) is 2.93. The summed E-state index contributed by atoms with van der Waals surface area (Å²) >= 11 is 6.06. The van der Waals surface area contributed by atoms with Crippen LogP contribution >= 0.6 is 11.6 Å². The minimum atomic E-state index is -4.53. The summed E-state index contributed by atoms with van der Waals surface area (Å²) in [6.45, 7) is -1.86. The van der Waals surface area contributed by atoms with E-state index in [0.29, 0.717) is 0 Å². The van der Waals surface area contributed by atoms with Crippen molar-refractivity contribution in [2.24, 2.45) is 5.92 Å². The van der Waals surface area contributed by atoms with Gasteiger partial charge in [0.05, 0.1) is 17.5 Å². The maximum atomic E-state index is 13.7. The standard InChI is InChI=1S/C15H13ClF5N3O2/c16-11-3-9(26-6-15(19,20)21)1-2-10(11)13(25,12-4-14(12,17)18)5-24-8-22-7-23-24/h1-3,7-8,12,25H,4-6H2. The van der Waals surface area contributed by atoms with E-state index < -0.39 is 36.6 Å². The molecule has 0 amide bonds. The molecule has 1 heterocycles. The van der Waals surface area contributed by atoms with Gasteiger partial charge in [-0.05, 0) is 12.1 Å². The minimum Gasteiger partial charge on any atom is -0.484 e. The van der Waals surface area contributed by atoms with Crippen LogP contribution in [0.3, 0.4) is 0 Å². The number of hydrogen-bond acceptors (Lipinski definition) is 4. The third-order valence-corrected chi connectivity index (χ3v) is 4.39. The maximum absolute atomic E-state index is 13.7. The molecule has 1 aliphatic rings. The zero-order valence-electron chi connectivity index (χ0n) is 13.1. The van der Waals surface area contributed by atoms with E-state index in [-0.39, 0.29) is 22.9 Å². The lowest BCUT2D eigenvalue weighted by Gasteiger charge is -2.29. The van der Waals surface area contributed by atoms with E-state index in [1.807, 2.05) is 0 Å². The molecule has 1 aromatic carbocycles. The topological polar surface area (TPSA) is 60.2 Å². The second-order valence-corrected chi connectivity index (χ2v) is 6.49. The lowest BCUT2D eigenvalue weighted by molar-refractivity contribution is -0.153. The Morgan fingerprint density at radius 3 is 2.54 bits per heavy atom. The fourth-order valence-electron chi connectivity index (χ4n) is 2.78. The van der Waals surface area contributed by atoms with Gasteiger partial charge in [0.15, 0.2) is 6.61 Å². The molecule has 1 fully saturated rings. The molecule has 0 aliphatic heterocycles. The normalized spacial score (nSPS) is 21.3. The highest BCUT2D eigenvalue weighted by Crippen LogP contribution is 2.59. The summed E-state index contributed by atoms with van der Waals surface area (Å²) in [6.07, 6.45) is -2.64. The third kappa shape index (κ3) is 3.90. The fraction of sp³-hybridized carbons (Fsp3) is 0.467. The first-order valence-electron chi connectivity index (χ1n) is 7.43. The summed E-state index contributed by atoms with van der Waals surface area (Å²) in [5, 5.41) is 14.6. The molecule has 1 N–H and O–H groups in total. The number of aliphatic hydroxyl groups is 1. The van der Waals surface area contributed by atoms with E-state index in [4.69, 9.17) is 11.6 Å². The maximum Gasteiger partial charge on any atom is 0.422 e. The zero-order chi connectivity index (χ0) is 19.2. The predicted octanol–water partition coefficient (Wildman–Crippen LogP) is 3.42. The summed E-state index contributed by atoms with van der Waals surface area (Å²) in [5.41, 5.74) is -2.12. The van der Waals surface area contributed by atoms with Crippen molar-refractivity contribution in [3.8, 4) is 5.75 Å². The van der Waals surface area contributed by atoms with E-state index in [1.165, 1.54) is 23.4 Å². The van der Waals surface area contributed by atoms with Gasteiger partial charge in [0.25, 0.3) is 5.92 Å². The molecular formula is C15H13ClF5N3O2. The van der Waals surface area contributed by atoms with Gasteiger partial charge in [0, 0.05) is 12.0 Å². The first-order valence-corrected chi connectivity index (χ1v) is 7.81. The Bertz CT molecular complexity index is 784. The molecule has 2 unspecified atom stereocenters. The van der Waals surface area contributed by atoms with Crippen molar-refractivity contribution < 1.29 is 31.8 Å². The molecule has 1 saturated carbocycles. The summed E-state index contributed by atoms with van der Waals surface area (Å²) in [5.74, 6) is -4.68. The van der Waals surface area contributed by atoms with Gasteiger partial charge < -0.3 is 9.84 Å². The molecule has 0 radical (unpaired) electrons. The molecule has 1 aromatic heterocycles. The van der Waals surface area contributed by atoms with Crippen molar-refractivity contribution in [1.29, 1.82) is 0 Å². The second kappa shape index (κ2) is 6.34. The van der Waals surface area contributed by atoms with Crippen molar-refractivity contribution in [2.45, 2.75) is 30.7 Å². The fourth-order valence-corrected chi connectivity index (χ4v) is 3.11. The quantitative estimate of drug-likeness (QED) is 0.759. The molecule has 2 atom stereocenters. The van der Waals surface area contributed by atoms with Crippen molar-refractivity contribution in [3.63, 3.8) is 0 Å². The molecule has 26 heavy (non-hydrogen) atoms. The van der Waals surface area contributed by atoms with Gasteiger partial charge in [-0.2, -0.15) is 18.3 Å². The van der Waals surface area contributed by atoms with Crippen LogP contribution in [-0.4, -0.2) is 38.6 Å². The molecule has 0 saturated heterocycles. The van der Waals surface area contributed by atoms with Crippen LogP contribution < -0.4 is 4.74 Å². The summed E-state index contributed by atoms with van der Waals surface area (Å²) in [6, 6.07) is 3.37. The lowest BCUT2D eigenvalue weighted by atomic mass is 9.88. The Balaban J connectivity index is 1.89. The van der Waals surface area contributed by atoms with Gasteiger partial charge in [-0.25, -0.2) is 18.4 Å². The van der Waals surface area contributed by atoms with Crippen molar-refractivity contribution in [3.05, 3.63) is 41.4 Å². The molecule has 1 aliphatic carbocycles. The van der Waals surface area contributed by atoms with Gasteiger partial charge in [0.1, 0.15) is 24.0 Å². The van der Waals surface area contributed by atoms with Crippen LogP contribution in [0.2, 0.25) is 5.02 Å². The number of aromatic nitrogens is 3. The average molecular weight is 398 g/mol. The van der Waals surface area contributed by atoms with E-state index in [0.717, 1.165) is 12.1 Å². The molecule has 2 aromatic rings. The van der Waals surface area contributed by atoms with Crippen LogP contribution in [0.25, 0.3) is 0 Å². The molecule has 3 rings (SSSR count). The largest absolute Gasteiger partial charge is 0.484 e. The van der Waals surface area contributed by atoms with Gasteiger partial charge in [-0.1, -0.05) is 17.7 Å². The Labute approximate surface area is 149 Å². The number of alkyl halides is 5. The SMILES string of the molecule is OC(Cn1cncn1)(c1ccc(OCC(F)(F)F)cc1Cl)C1CC1(F)F. The van der Waals surface area contributed by atoms with Crippen LogP contribution in [0.15, 0.2) is 30.9 Å².